The van der Waals surface area contributed by atoms with Gasteiger partial charge in [-0.1, -0.05) is 79.9 Å². The Labute approximate surface area is 157 Å². The van der Waals surface area contributed by atoms with Crippen LogP contribution < -0.4 is 10.6 Å². The van der Waals surface area contributed by atoms with E-state index < -0.39 is 0 Å². The van der Waals surface area contributed by atoms with Gasteiger partial charge in [-0.25, -0.2) is 0 Å². The van der Waals surface area contributed by atoms with Gasteiger partial charge in [0.2, 0.25) is 0 Å². The summed E-state index contributed by atoms with van der Waals surface area (Å²) in [7, 11) is 2.07. The molecular formula is C22H29ClN2. The monoisotopic (exact) mass is 356 g/mol. The Morgan fingerprint density at radius 2 is 1.80 bits per heavy atom. The third-order valence-corrected chi connectivity index (χ3v) is 6.08. The van der Waals surface area contributed by atoms with Crippen molar-refractivity contribution in [3.8, 4) is 0 Å². The lowest BCUT2D eigenvalue weighted by Crippen LogP contribution is -2.58. The summed E-state index contributed by atoms with van der Waals surface area (Å²) in [5.74, 6) is 0.490. The molecule has 0 heterocycles. The van der Waals surface area contributed by atoms with Gasteiger partial charge in [0.05, 0.1) is 5.54 Å². The minimum absolute atomic E-state index is 0.0903. The Morgan fingerprint density at radius 3 is 2.52 bits per heavy atom. The average Bonchev–Trinajstić information content (AvgIpc) is 2.67. The molecule has 1 saturated carbocycles. The molecule has 25 heavy (non-hydrogen) atoms. The van der Waals surface area contributed by atoms with Crippen LogP contribution >= 0.6 is 11.6 Å². The zero-order chi connectivity index (χ0) is 17.7. The predicted octanol–water partition coefficient (Wildman–Crippen LogP) is 5.09. The highest BCUT2D eigenvalue weighted by Gasteiger charge is 2.42. The number of hydrogen-bond donors (Lipinski definition) is 2. The fourth-order valence-electron chi connectivity index (χ4n) is 4.25. The smallest absolute Gasteiger partial charge is 0.0602 e. The number of hydrogen-bond acceptors (Lipinski definition) is 2. The Bertz CT molecular complexity index is 673. The molecule has 3 atom stereocenters. The third-order valence-electron chi connectivity index (χ3n) is 5.75. The lowest BCUT2D eigenvalue weighted by Gasteiger charge is -2.46. The zero-order valence-corrected chi connectivity index (χ0v) is 16.0. The third kappa shape index (κ3) is 3.92. The second-order valence-corrected chi connectivity index (χ2v) is 7.63. The van der Waals surface area contributed by atoms with Crippen LogP contribution in [0.4, 0.5) is 0 Å². The van der Waals surface area contributed by atoms with E-state index in [4.69, 9.17) is 11.6 Å². The SMILES string of the molecule is CN[C@@]1(c2ccccc2Cl)CCCC[C@@H]1NC[C@H](C)c1ccccc1. The van der Waals surface area contributed by atoms with Crippen LogP contribution in [0.25, 0.3) is 0 Å². The van der Waals surface area contributed by atoms with Crippen molar-refractivity contribution >= 4 is 11.6 Å². The van der Waals surface area contributed by atoms with Crippen molar-refractivity contribution in [1.82, 2.24) is 10.6 Å². The first-order valence-corrected chi connectivity index (χ1v) is 9.77. The first kappa shape index (κ1) is 18.4. The van der Waals surface area contributed by atoms with Gasteiger partial charge in [0, 0.05) is 17.6 Å². The van der Waals surface area contributed by atoms with Gasteiger partial charge in [0.1, 0.15) is 0 Å². The largest absolute Gasteiger partial charge is 0.311 e. The molecule has 3 rings (SSSR count). The minimum atomic E-state index is -0.0903. The molecule has 0 aromatic heterocycles. The molecule has 1 fully saturated rings. The maximum Gasteiger partial charge on any atom is 0.0602 e. The summed E-state index contributed by atoms with van der Waals surface area (Å²) in [5.41, 5.74) is 2.52. The summed E-state index contributed by atoms with van der Waals surface area (Å²) >= 11 is 6.58. The fourth-order valence-corrected chi connectivity index (χ4v) is 4.55. The van der Waals surface area contributed by atoms with Crippen molar-refractivity contribution in [3.63, 3.8) is 0 Å². The molecule has 0 bridgehead atoms. The molecule has 2 aromatic carbocycles. The van der Waals surface area contributed by atoms with Gasteiger partial charge in [-0.05, 0) is 43.0 Å². The van der Waals surface area contributed by atoms with Crippen LogP contribution in [-0.4, -0.2) is 19.6 Å². The van der Waals surface area contributed by atoms with E-state index in [1.165, 1.54) is 30.4 Å². The number of nitrogens with one attached hydrogen (secondary N) is 2. The summed E-state index contributed by atoms with van der Waals surface area (Å²) in [5, 5.41) is 8.37. The maximum atomic E-state index is 6.58. The summed E-state index contributed by atoms with van der Waals surface area (Å²) in [4.78, 5) is 0. The second kappa shape index (κ2) is 8.35. The molecular weight excluding hydrogens is 328 g/mol. The normalized spacial score (nSPS) is 24.8. The minimum Gasteiger partial charge on any atom is -0.311 e. The zero-order valence-electron chi connectivity index (χ0n) is 15.3. The van der Waals surface area contributed by atoms with Gasteiger partial charge in [0.25, 0.3) is 0 Å². The molecule has 0 radical (unpaired) electrons. The number of benzene rings is 2. The molecule has 0 spiro atoms. The topological polar surface area (TPSA) is 24.1 Å². The average molecular weight is 357 g/mol. The molecule has 1 aliphatic rings. The Kier molecular flexibility index (Phi) is 6.16. The van der Waals surface area contributed by atoms with E-state index in [-0.39, 0.29) is 5.54 Å². The van der Waals surface area contributed by atoms with Crippen LogP contribution in [0.15, 0.2) is 54.6 Å². The molecule has 2 nitrogen and oxygen atoms in total. The predicted molar refractivity (Wildman–Crippen MR) is 107 cm³/mol. The Balaban J connectivity index is 1.79. The van der Waals surface area contributed by atoms with Gasteiger partial charge >= 0.3 is 0 Å². The number of rotatable bonds is 6. The van der Waals surface area contributed by atoms with Crippen LogP contribution in [0.2, 0.25) is 5.02 Å². The van der Waals surface area contributed by atoms with Gasteiger partial charge in [-0.3, -0.25) is 0 Å². The van der Waals surface area contributed by atoms with Crippen LogP contribution in [-0.2, 0) is 5.54 Å². The fraction of sp³-hybridized carbons (Fsp3) is 0.455. The lowest BCUT2D eigenvalue weighted by molar-refractivity contribution is 0.176. The molecule has 3 heteroatoms. The van der Waals surface area contributed by atoms with E-state index in [9.17, 15) is 0 Å². The Hall–Kier alpha value is -1.35. The molecule has 0 amide bonds. The summed E-state index contributed by atoms with van der Waals surface area (Å²) in [6, 6.07) is 19.4. The van der Waals surface area contributed by atoms with E-state index in [1.54, 1.807) is 0 Å². The van der Waals surface area contributed by atoms with Gasteiger partial charge in [-0.15, -0.1) is 0 Å². The van der Waals surface area contributed by atoms with E-state index in [2.05, 4.69) is 67.1 Å². The molecule has 2 aromatic rings. The second-order valence-electron chi connectivity index (χ2n) is 7.22. The van der Waals surface area contributed by atoms with Crippen LogP contribution in [0.3, 0.4) is 0 Å². The quantitative estimate of drug-likeness (QED) is 0.753. The highest BCUT2D eigenvalue weighted by atomic mass is 35.5. The summed E-state index contributed by atoms with van der Waals surface area (Å²) in [6.07, 6.45) is 4.79. The van der Waals surface area contributed by atoms with E-state index in [1.807, 2.05) is 12.1 Å². The van der Waals surface area contributed by atoms with Crippen molar-refractivity contribution in [3.05, 3.63) is 70.7 Å². The highest BCUT2D eigenvalue weighted by Crippen LogP contribution is 2.40. The van der Waals surface area contributed by atoms with E-state index in [0.29, 0.717) is 12.0 Å². The molecule has 0 aliphatic heterocycles. The van der Waals surface area contributed by atoms with Crippen LogP contribution in [0, 0.1) is 0 Å². The van der Waals surface area contributed by atoms with Gasteiger partial charge in [0.15, 0.2) is 0 Å². The van der Waals surface area contributed by atoms with Gasteiger partial charge < -0.3 is 10.6 Å². The lowest BCUT2D eigenvalue weighted by atomic mass is 9.72. The van der Waals surface area contributed by atoms with Crippen molar-refractivity contribution in [2.75, 3.05) is 13.6 Å². The molecule has 0 unspecified atom stereocenters. The number of halogens is 1. The van der Waals surface area contributed by atoms with Crippen LogP contribution in [0.5, 0.6) is 0 Å². The first-order chi connectivity index (χ1) is 12.2. The molecule has 134 valence electrons. The van der Waals surface area contributed by atoms with Crippen LogP contribution in [0.1, 0.15) is 49.7 Å². The maximum absolute atomic E-state index is 6.58. The summed E-state index contributed by atoms with van der Waals surface area (Å²) in [6.45, 7) is 3.27. The van der Waals surface area contributed by atoms with Gasteiger partial charge in [-0.2, -0.15) is 0 Å². The standard InChI is InChI=1S/C22H29ClN2/c1-17(18-10-4-3-5-11-18)16-25-21-14-8-9-15-22(21,24-2)19-12-6-7-13-20(19)23/h3-7,10-13,17,21,24-25H,8-9,14-16H2,1-2H3/t17-,21-,22+/m0/s1. The highest BCUT2D eigenvalue weighted by molar-refractivity contribution is 6.31. The van der Waals surface area contributed by atoms with E-state index >= 15 is 0 Å². The number of likely N-dealkylation sites (N-methyl/N-ethyl adjacent to an activating group) is 1. The molecule has 1 aliphatic carbocycles. The van der Waals surface area contributed by atoms with Crippen molar-refractivity contribution < 1.29 is 0 Å². The Morgan fingerprint density at radius 1 is 1.08 bits per heavy atom. The van der Waals surface area contributed by atoms with Crippen molar-refractivity contribution in [2.45, 2.75) is 50.1 Å². The van der Waals surface area contributed by atoms with Crippen molar-refractivity contribution in [2.24, 2.45) is 0 Å². The molecule has 0 saturated heterocycles. The van der Waals surface area contributed by atoms with Crippen molar-refractivity contribution in [1.29, 1.82) is 0 Å². The molecule has 2 N–H and O–H groups in total. The van der Waals surface area contributed by atoms with E-state index in [0.717, 1.165) is 18.0 Å². The summed E-state index contributed by atoms with van der Waals surface area (Å²) < 4.78 is 0. The first-order valence-electron chi connectivity index (χ1n) is 9.39.